The first kappa shape index (κ1) is 14.1. The number of halogens is 1. The van der Waals surface area contributed by atoms with E-state index in [0.29, 0.717) is 4.47 Å². The third-order valence-corrected chi connectivity index (χ3v) is 3.93. The third-order valence-electron chi connectivity index (χ3n) is 3.19. The fraction of sp³-hybridized carbons (Fsp3) is 0.400. The number of aryl methyl sites for hydroxylation is 2. The number of hydrogen-bond donors (Lipinski definition) is 1. The van der Waals surface area contributed by atoms with Crippen LogP contribution >= 0.6 is 15.9 Å². The van der Waals surface area contributed by atoms with Crippen molar-refractivity contribution < 1.29 is 0 Å². The van der Waals surface area contributed by atoms with Gasteiger partial charge in [-0.15, -0.1) is 0 Å². The highest BCUT2D eigenvalue weighted by atomic mass is 79.9. The molecule has 1 aromatic heterocycles. The average Bonchev–Trinajstić information content (AvgIpc) is 2.59. The molecule has 0 aliphatic carbocycles. The van der Waals surface area contributed by atoms with E-state index in [9.17, 15) is 4.79 Å². The van der Waals surface area contributed by atoms with Crippen LogP contribution in [0.15, 0.2) is 27.5 Å². The van der Waals surface area contributed by atoms with Gasteiger partial charge in [-0.25, -0.2) is 4.68 Å². The van der Waals surface area contributed by atoms with Crippen LogP contribution in [0.2, 0.25) is 0 Å². The van der Waals surface area contributed by atoms with Gasteiger partial charge in [0.2, 0.25) is 0 Å². The second-order valence-electron chi connectivity index (χ2n) is 5.98. The number of nitrogens with zero attached hydrogens (tertiary/aromatic N) is 1. The molecule has 0 atom stereocenters. The molecule has 4 heteroatoms. The molecule has 0 fully saturated rings. The van der Waals surface area contributed by atoms with Gasteiger partial charge in [-0.1, -0.05) is 32.9 Å². The molecule has 2 rings (SSSR count). The van der Waals surface area contributed by atoms with Gasteiger partial charge < -0.3 is 0 Å². The normalized spacial score (nSPS) is 11.9. The summed E-state index contributed by atoms with van der Waals surface area (Å²) in [6.45, 7) is 10.3. The number of nitrogens with one attached hydrogen (secondary N) is 1. The maximum atomic E-state index is 12.4. The van der Waals surface area contributed by atoms with Crippen molar-refractivity contribution in [3.8, 4) is 5.69 Å². The summed E-state index contributed by atoms with van der Waals surface area (Å²) in [5, 5.41) is 3.23. The Balaban J connectivity index is 2.71. The molecule has 0 radical (unpaired) electrons. The molecule has 2 aromatic rings. The number of aromatic nitrogens is 2. The lowest BCUT2D eigenvalue weighted by molar-refractivity contribution is 0.557. The number of rotatable bonds is 1. The molecule has 3 nitrogen and oxygen atoms in total. The Morgan fingerprint density at radius 2 is 1.84 bits per heavy atom. The highest BCUT2D eigenvalue weighted by molar-refractivity contribution is 9.10. The van der Waals surface area contributed by atoms with Crippen molar-refractivity contribution in [2.24, 2.45) is 0 Å². The molecule has 1 heterocycles. The molecule has 0 saturated heterocycles. The van der Waals surface area contributed by atoms with Crippen molar-refractivity contribution in [1.82, 2.24) is 9.78 Å². The van der Waals surface area contributed by atoms with Crippen molar-refractivity contribution >= 4 is 15.9 Å². The van der Waals surface area contributed by atoms with Crippen LogP contribution in [0.5, 0.6) is 0 Å². The molecule has 0 saturated carbocycles. The van der Waals surface area contributed by atoms with E-state index in [2.05, 4.69) is 41.8 Å². The van der Waals surface area contributed by atoms with Gasteiger partial charge in [-0.3, -0.25) is 9.89 Å². The van der Waals surface area contributed by atoms with Crippen molar-refractivity contribution in [2.75, 3.05) is 0 Å². The molecular weight excluding hydrogens is 304 g/mol. The van der Waals surface area contributed by atoms with Crippen molar-refractivity contribution in [1.29, 1.82) is 0 Å². The minimum Gasteiger partial charge on any atom is -0.293 e. The van der Waals surface area contributed by atoms with E-state index in [1.54, 1.807) is 4.68 Å². The van der Waals surface area contributed by atoms with Gasteiger partial charge in [-0.2, -0.15) is 0 Å². The molecule has 1 aromatic carbocycles. The minimum atomic E-state index is -0.110. The fourth-order valence-electron chi connectivity index (χ4n) is 2.04. The first-order valence-electron chi connectivity index (χ1n) is 6.30. The number of H-pyrrole nitrogens is 1. The van der Waals surface area contributed by atoms with Crippen LogP contribution < -0.4 is 5.56 Å². The van der Waals surface area contributed by atoms with Crippen LogP contribution in [-0.4, -0.2) is 9.78 Å². The smallest absolute Gasteiger partial charge is 0.285 e. The SMILES string of the molecule is Cc1ccc(C)c(-n2[nH]c(C(C)(C)C)c(Br)c2=O)c1. The van der Waals surface area contributed by atoms with E-state index in [1.807, 2.05) is 32.0 Å². The highest BCUT2D eigenvalue weighted by Crippen LogP contribution is 2.27. The highest BCUT2D eigenvalue weighted by Gasteiger charge is 2.23. The number of hydrogen-bond acceptors (Lipinski definition) is 1. The fourth-order valence-corrected chi connectivity index (χ4v) is 2.90. The van der Waals surface area contributed by atoms with E-state index < -0.39 is 0 Å². The molecular formula is C15H19BrN2O. The summed E-state index contributed by atoms with van der Waals surface area (Å²) in [6.07, 6.45) is 0. The minimum absolute atomic E-state index is 0.0429. The second-order valence-corrected chi connectivity index (χ2v) is 6.77. The zero-order valence-corrected chi connectivity index (χ0v) is 13.6. The predicted octanol–water partition coefficient (Wildman–Crippen LogP) is 3.84. The zero-order chi connectivity index (χ0) is 14.4. The molecule has 19 heavy (non-hydrogen) atoms. The van der Waals surface area contributed by atoms with E-state index in [4.69, 9.17) is 0 Å². The van der Waals surface area contributed by atoms with Crippen molar-refractivity contribution in [2.45, 2.75) is 40.0 Å². The Hall–Kier alpha value is -1.29. The van der Waals surface area contributed by atoms with Gasteiger partial charge in [0.15, 0.2) is 0 Å². The van der Waals surface area contributed by atoms with Crippen LogP contribution in [0.25, 0.3) is 5.69 Å². The van der Waals surface area contributed by atoms with E-state index in [1.165, 1.54) is 0 Å². The van der Waals surface area contributed by atoms with E-state index in [0.717, 1.165) is 22.5 Å². The number of benzene rings is 1. The summed E-state index contributed by atoms with van der Waals surface area (Å²) in [5.74, 6) is 0. The second kappa shape index (κ2) is 4.67. The largest absolute Gasteiger partial charge is 0.293 e. The molecule has 1 N–H and O–H groups in total. The molecule has 102 valence electrons. The topological polar surface area (TPSA) is 37.8 Å². The van der Waals surface area contributed by atoms with Gasteiger partial charge in [0.05, 0.1) is 11.4 Å². The summed E-state index contributed by atoms with van der Waals surface area (Å²) >= 11 is 3.41. The molecule has 0 bridgehead atoms. The maximum Gasteiger partial charge on any atom is 0.285 e. The molecule has 0 aliphatic heterocycles. The summed E-state index contributed by atoms with van der Waals surface area (Å²) in [4.78, 5) is 12.4. The quantitative estimate of drug-likeness (QED) is 0.851. The van der Waals surface area contributed by atoms with Gasteiger partial charge in [0.1, 0.15) is 4.47 Å². The van der Waals surface area contributed by atoms with Crippen LogP contribution in [-0.2, 0) is 5.41 Å². The summed E-state index contributed by atoms with van der Waals surface area (Å²) in [7, 11) is 0. The van der Waals surface area contributed by atoms with Crippen LogP contribution in [0, 0.1) is 13.8 Å². The Kier molecular flexibility index (Phi) is 3.47. The van der Waals surface area contributed by atoms with Crippen LogP contribution in [0.1, 0.15) is 37.6 Å². The summed E-state index contributed by atoms with van der Waals surface area (Å²) in [6, 6.07) is 6.10. The van der Waals surface area contributed by atoms with Gasteiger partial charge in [-0.05, 0) is 47.0 Å². The molecule has 0 spiro atoms. The zero-order valence-electron chi connectivity index (χ0n) is 12.0. The van der Waals surface area contributed by atoms with E-state index in [-0.39, 0.29) is 11.0 Å². The lowest BCUT2D eigenvalue weighted by Crippen LogP contribution is -2.16. The van der Waals surface area contributed by atoms with Gasteiger partial charge in [0.25, 0.3) is 5.56 Å². The maximum absolute atomic E-state index is 12.4. The Morgan fingerprint density at radius 3 is 2.37 bits per heavy atom. The van der Waals surface area contributed by atoms with Crippen LogP contribution in [0.3, 0.4) is 0 Å². The lowest BCUT2D eigenvalue weighted by atomic mass is 9.93. The Labute approximate surface area is 121 Å². The monoisotopic (exact) mass is 322 g/mol. The summed E-state index contributed by atoms with van der Waals surface area (Å²) < 4.78 is 2.23. The van der Waals surface area contributed by atoms with Crippen molar-refractivity contribution in [3.05, 3.63) is 49.8 Å². The Morgan fingerprint density at radius 1 is 1.21 bits per heavy atom. The molecule has 0 aliphatic rings. The third kappa shape index (κ3) is 2.54. The van der Waals surface area contributed by atoms with Crippen molar-refractivity contribution in [3.63, 3.8) is 0 Å². The first-order chi connectivity index (χ1) is 8.71. The molecule has 0 unspecified atom stereocenters. The number of aromatic amines is 1. The predicted molar refractivity (Wildman–Crippen MR) is 82.3 cm³/mol. The first-order valence-corrected chi connectivity index (χ1v) is 7.09. The van der Waals surface area contributed by atoms with E-state index >= 15 is 0 Å². The standard InChI is InChI=1S/C15H19BrN2O/c1-9-6-7-10(2)11(8-9)18-14(19)12(16)13(17-18)15(3,4)5/h6-8,17H,1-5H3. The average molecular weight is 323 g/mol. The van der Waals surface area contributed by atoms with Gasteiger partial charge >= 0.3 is 0 Å². The Bertz CT molecular complexity index is 674. The van der Waals surface area contributed by atoms with Gasteiger partial charge in [0, 0.05) is 5.41 Å². The summed E-state index contributed by atoms with van der Waals surface area (Å²) in [5.41, 5.74) is 3.87. The van der Waals surface area contributed by atoms with Crippen LogP contribution in [0.4, 0.5) is 0 Å². The lowest BCUT2D eigenvalue weighted by Gasteiger charge is -2.16. The molecule has 0 amide bonds.